The van der Waals surface area contributed by atoms with Crippen molar-refractivity contribution in [2.75, 3.05) is 26.9 Å². The summed E-state index contributed by atoms with van der Waals surface area (Å²) in [5.41, 5.74) is 0. The Morgan fingerprint density at radius 2 is 1.62 bits per heavy atom. The van der Waals surface area contributed by atoms with Crippen LogP contribution in [0.25, 0.3) is 0 Å². The highest BCUT2D eigenvalue weighted by Crippen LogP contribution is 2.32. The van der Waals surface area contributed by atoms with Gasteiger partial charge in [-0.05, 0) is 0 Å². The number of carbonyl (C=O) groups excluding carboxylic acids is 3. The zero-order valence-corrected chi connectivity index (χ0v) is 17.0. The van der Waals surface area contributed by atoms with Crippen molar-refractivity contribution >= 4 is 17.7 Å². The zero-order chi connectivity index (χ0) is 23.9. The third-order valence-corrected chi connectivity index (χ3v) is 5.98. The molecular formula is C17H27N3O12. The minimum atomic E-state index is -1.83. The summed E-state index contributed by atoms with van der Waals surface area (Å²) in [4.78, 5) is 38.9. The predicted molar refractivity (Wildman–Crippen MR) is 97.9 cm³/mol. The van der Waals surface area contributed by atoms with E-state index in [0.29, 0.717) is 9.80 Å². The van der Waals surface area contributed by atoms with Gasteiger partial charge in [-0.25, -0.2) is 0 Å². The van der Waals surface area contributed by atoms with Crippen LogP contribution in [-0.4, -0.2) is 151 Å². The molecule has 3 heterocycles. The monoisotopic (exact) mass is 465 g/mol. The molecule has 3 amide bonds. The lowest BCUT2D eigenvalue weighted by molar-refractivity contribution is -0.262. The Balaban J connectivity index is 1.77. The molecule has 15 nitrogen and oxygen atoms in total. The van der Waals surface area contributed by atoms with Gasteiger partial charge in [-0.3, -0.25) is 14.4 Å². The number of amides is 3. The largest absolute Gasteiger partial charge is 0.394 e. The zero-order valence-electron chi connectivity index (χ0n) is 17.0. The molecule has 0 bridgehead atoms. The number of piperidine rings is 1. The van der Waals surface area contributed by atoms with Crippen LogP contribution >= 0.6 is 0 Å². The van der Waals surface area contributed by atoms with Gasteiger partial charge in [-0.15, -0.1) is 0 Å². The summed E-state index contributed by atoms with van der Waals surface area (Å²) in [7, 11) is 1.20. The molecule has 0 saturated carbocycles. The fraction of sp³-hybridized carbons (Fsp3) is 0.824. The Kier molecular flexibility index (Phi) is 7.33. The molecule has 182 valence electrons. The molecule has 0 aliphatic carbocycles. The Morgan fingerprint density at radius 3 is 2.19 bits per heavy atom. The van der Waals surface area contributed by atoms with Crippen molar-refractivity contribution < 1.29 is 59.6 Å². The van der Waals surface area contributed by atoms with Crippen LogP contribution in [0.15, 0.2) is 0 Å². The number of nitrogens with one attached hydrogen (secondary N) is 1. The lowest BCUT2D eigenvalue weighted by Crippen LogP contribution is -2.69. The van der Waals surface area contributed by atoms with Crippen molar-refractivity contribution in [2.24, 2.45) is 0 Å². The summed E-state index contributed by atoms with van der Waals surface area (Å²) in [6.07, 6.45) is -12.5. The maximum Gasteiger partial charge on any atom is 0.314 e. The maximum absolute atomic E-state index is 12.6. The summed E-state index contributed by atoms with van der Waals surface area (Å²) in [5.74, 6) is -3.34. The fourth-order valence-electron chi connectivity index (χ4n) is 4.27. The van der Waals surface area contributed by atoms with E-state index in [9.17, 15) is 50.1 Å². The first-order valence-corrected chi connectivity index (χ1v) is 9.81. The lowest BCUT2D eigenvalue weighted by atomic mass is 9.92. The molecule has 10 atom stereocenters. The standard InChI is InChI=1S/C17H27N3O12/c1-31-17-8(11(26)10(25)6(4-22)32-17)18-7(23)2-19-14-13(28)12(27)9(24)5(3-21)20(14)16(30)15(19)29/h5-6,8-14,17,21-22,24-28H,2-4H2,1H3,(H,18,23)/t5-,6-,8+,9-,10-,11-,12+,13+,14+,17+/m1/s1. The highest BCUT2D eigenvalue weighted by atomic mass is 16.7. The highest BCUT2D eigenvalue weighted by molar-refractivity contribution is 6.37. The van der Waals surface area contributed by atoms with E-state index in [-0.39, 0.29) is 0 Å². The lowest BCUT2D eigenvalue weighted by Gasteiger charge is -2.46. The van der Waals surface area contributed by atoms with Crippen molar-refractivity contribution in [3.05, 3.63) is 0 Å². The fourth-order valence-corrected chi connectivity index (χ4v) is 4.27. The van der Waals surface area contributed by atoms with Crippen LogP contribution in [0.3, 0.4) is 0 Å². The van der Waals surface area contributed by atoms with Gasteiger partial charge in [-0.1, -0.05) is 0 Å². The third kappa shape index (κ3) is 3.95. The topological polar surface area (TPSA) is 230 Å². The van der Waals surface area contributed by atoms with Gasteiger partial charge in [0.2, 0.25) is 5.91 Å². The van der Waals surface area contributed by atoms with Crippen molar-refractivity contribution in [3.63, 3.8) is 0 Å². The second kappa shape index (κ2) is 9.50. The maximum atomic E-state index is 12.6. The van der Waals surface area contributed by atoms with Crippen LogP contribution in [0.5, 0.6) is 0 Å². The minimum absolute atomic E-state index is 0.626. The van der Waals surface area contributed by atoms with E-state index in [1.807, 2.05) is 0 Å². The molecule has 3 aliphatic heterocycles. The first-order chi connectivity index (χ1) is 15.1. The van der Waals surface area contributed by atoms with Crippen LogP contribution in [0.2, 0.25) is 0 Å². The van der Waals surface area contributed by atoms with Gasteiger partial charge in [0.15, 0.2) is 6.29 Å². The molecule has 0 aromatic carbocycles. The van der Waals surface area contributed by atoms with Crippen LogP contribution < -0.4 is 5.32 Å². The van der Waals surface area contributed by atoms with Crippen LogP contribution in [0, 0.1) is 0 Å². The molecule has 0 aromatic rings. The first-order valence-electron chi connectivity index (χ1n) is 9.81. The first kappa shape index (κ1) is 24.7. The normalized spacial score (nSPS) is 42.2. The molecule has 3 fully saturated rings. The van der Waals surface area contributed by atoms with Gasteiger partial charge >= 0.3 is 11.8 Å². The summed E-state index contributed by atoms with van der Waals surface area (Å²) in [6, 6.07) is -2.70. The Morgan fingerprint density at radius 1 is 0.969 bits per heavy atom. The number of carbonyl (C=O) groups is 3. The molecular weight excluding hydrogens is 438 g/mol. The summed E-state index contributed by atoms with van der Waals surface area (Å²) in [5, 5.41) is 71.8. The van der Waals surface area contributed by atoms with E-state index < -0.39 is 98.6 Å². The number of rotatable bonds is 6. The molecule has 0 spiro atoms. The molecule has 0 unspecified atom stereocenters. The quantitative estimate of drug-likeness (QED) is 0.171. The predicted octanol–water partition coefficient (Wildman–Crippen LogP) is -6.99. The van der Waals surface area contributed by atoms with E-state index in [0.717, 1.165) is 0 Å². The Hall–Kier alpha value is -1.95. The number of methoxy groups -OCH3 is 1. The molecule has 3 aliphatic rings. The summed E-state index contributed by atoms with van der Waals surface area (Å²) < 4.78 is 10.3. The minimum Gasteiger partial charge on any atom is -0.394 e. The van der Waals surface area contributed by atoms with Crippen molar-refractivity contribution in [1.29, 1.82) is 0 Å². The number of hydrogen-bond donors (Lipinski definition) is 8. The van der Waals surface area contributed by atoms with E-state index in [2.05, 4.69) is 5.32 Å². The molecule has 8 N–H and O–H groups in total. The van der Waals surface area contributed by atoms with Crippen molar-refractivity contribution in [3.8, 4) is 0 Å². The molecule has 3 rings (SSSR count). The van der Waals surface area contributed by atoms with Gasteiger partial charge in [0.25, 0.3) is 0 Å². The van der Waals surface area contributed by atoms with E-state index in [1.165, 1.54) is 7.11 Å². The average molecular weight is 465 g/mol. The number of aliphatic hydroxyl groups is 7. The number of aliphatic hydroxyl groups excluding tert-OH is 7. The van der Waals surface area contributed by atoms with Gasteiger partial charge in [0.1, 0.15) is 55.4 Å². The van der Waals surface area contributed by atoms with Crippen molar-refractivity contribution in [2.45, 2.75) is 61.2 Å². The second-order valence-corrected chi connectivity index (χ2v) is 7.82. The smallest absolute Gasteiger partial charge is 0.314 e. The molecule has 3 saturated heterocycles. The second-order valence-electron chi connectivity index (χ2n) is 7.82. The van der Waals surface area contributed by atoms with Gasteiger partial charge in [-0.2, -0.15) is 0 Å². The SMILES string of the molecule is CO[C@H]1O[C@H](CO)[C@@H](O)[C@H](O)[C@@H]1NC(=O)CN1C(=O)C(=O)N2[C@H](CO)[C@@H](O)[C@H](O)[C@H](O)[C@@H]12. The number of fused-ring (bicyclic) bond motifs is 1. The molecule has 0 radical (unpaired) electrons. The molecule has 0 aromatic heterocycles. The van der Waals surface area contributed by atoms with E-state index in [4.69, 9.17) is 9.47 Å². The summed E-state index contributed by atoms with van der Waals surface area (Å²) in [6.45, 7) is -2.26. The average Bonchev–Trinajstić information content (AvgIpc) is 3.01. The van der Waals surface area contributed by atoms with Gasteiger partial charge in [0.05, 0.1) is 19.3 Å². The number of ether oxygens (including phenoxy) is 2. The highest BCUT2D eigenvalue weighted by Gasteiger charge is 2.59. The van der Waals surface area contributed by atoms with Crippen LogP contribution in [-0.2, 0) is 23.9 Å². The van der Waals surface area contributed by atoms with Crippen LogP contribution in [0.4, 0.5) is 0 Å². The van der Waals surface area contributed by atoms with Crippen LogP contribution in [0.1, 0.15) is 0 Å². The van der Waals surface area contributed by atoms with E-state index in [1.54, 1.807) is 0 Å². The molecule has 32 heavy (non-hydrogen) atoms. The van der Waals surface area contributed by atoms with Crippen molar-refractivity contribution in [1.82, 2.24) is 15.1 Å². The Bertz CT molecular complexity index is 738. The summed E-state index contributed by atoms with van der Waals surface area (Å²) >= 11 is 0. The van der Waals surface area contributed by atoms with Gasteiger partial charge < -0.3 is 60.3 Å². The number of nitrogens with zero attached hydrogens (tertiary/aromatic N) is 2. The third-order valence-electron chi connectivity index (χ3n) is 5.98. The van der Waals surface area contributed by atoms with E-state index >= 15 is 0 Å². The Labute approximate surface area is 181 Å². The van der Waals surface area contributed by atoms with Gasteiger partial charge in [0, 0.05) is 7.11 Å². The number of hydrogen-bond acceptors (Lipinski definition) is 12. The molecule has 15 heteroatoms.